The Hall–Kier alpha value is -2.63. The largest absolute Gasteiger partial charge is 0.494 e. The Morgan fingerprint density at radius 2 is 1.80 bits per heavy atom. The van der Waals surface area contributed by atoms with Crippen molar-refractivity contribution in [2.45, 2.75) is 41.5 Å². The molecule has 11 heteroatoms. The molecule has 40 heavy (non-hydrogen) atoms. The Morgan fingerprint density at radius 1 is 1.05 bits per heavy atom. The molecular formula is C29H29ClF3N3O2S2. The van der Waals surface area contributed by atoms with Crippen molar-refractivity contribution in [3.05, 3.63) is 100 Å². The predicted molar refractivity (Wildman–Crippen MR) is 155 cm³/mol. The molecule has 1 heterocycles. The van der Waals surface area contributed by atoms with Gasteiger partial charge in [0.25, 0.3) is 0 Å². The Kier molecular flexibility index (Phi) is 10.1. The first-order valence-electron chi connectivity index (χ1n) is 12.4. The van der Waals surface area contributed by atoms with Crippen molar-refractivity contribution in [2.24, 2.45) is 0 Å². The van der Waals surface area contributed by atoms with Crippen LogP contribution in [0.3, 0.4) is 0 Å². The Bertz CT molecular complexity index is 1440. The molecule has 1 aromatic heterocycles. The Balaban J connectivity index is 1.67. The molecule has 0 aliphatic heterocycles. The van der Waals surface area contributed by atoms with Gasteiger partial charge in [-0.2, -0.15) is 0 Å². The summed E-state index contributed by atoms with van der Waals surface area (Å²) in [4.78, 5) is 5.27. The van der Waals surface area contributed by atoms with Gasteiger partial charge < -0.3 is 9.84 Å². The van der Waals surface area contributed by atoms with Crippen molar-refractivity contribution in [1.29, 1.82) is 0 Å². The molecule has 2 N–H and O–H groups in total. The zero-order valence-electron chi connectivity index (χ0n) is 22.2. The first-order valence-corrected chi connectivity index (χ1v) is 14.6. The fourth-order valence-corrected chi connectivity index (χ4v) is 6.31. The van der Waals surface area contributed by atoms with Crippen LogP contribution in [0.4, 0.5) is 13.2 Å². The smallest absolute Gasteiger partial charge is 0.173 e. The van der Waals surface area contributed by atoms with E-state index in [9.17, 15) is 8.78 Å². The van der Waals surface area contributed by atoms with Crippen LogP contribution in [0.2, 0.25) is 5.02 Å². The number of nitrogens with one attached hydrogen (secondary N) is 1. The molecule has 3 aromatic carbocycles. The summed E-state index contributed by atoms with van der Waals surface area (Å²) in [5.41, 5.74) is 1.91. The summed E-state index contributed by atoms with van der Waals surface area (Å²) < 4.78 is 53.2. The van der Waals surface area contributed by atoms with Gasteiger partial charge in [-0.1, -0.05) is 43.3 Å². The average Bonchev–Trinajstić information content (AvgIpc) is 3.36. The summed E-state index contributed by atoms with van der Waals surface area (Å²) in [5.74, 6) is -0.946. The molecule has 4 aromatic rings. The Labute approximate surface area is 245 Å². The molecule has 0 amide bonds. The van der Waals surface area contributed by atoms with Gasteiger partial charge >= 0.3 is 0 Å². The third kappa shape index (κ3) is 6.80. The molecule has 0 radical (unpaired) electrons. The average molecular weight is 608 g/mol. The zero-order chi connectivity index (χ0) is 28.9. The molecule has 0 unspecified atom stereocenters. The van der Waals surface area contributed by atoms with Crippen LogP contribution in [-0.2, 0) is 11.2 Å². The molecule has 0 bridgehead atoms. The van der Waals surface area contributed by atoms with Gasteiger partial charge in [0.1, 0.15) is 11.6 Å². The van der Waals surface area contributed by atoms with Gasteiger partial charge in [-0.05, 0) is 72.5 Å². The number of hydrogen-bond donors (Lipinski definition) is 2. The van der Waals surface area contributed by atoms with Crippen LogP contribution in [0.15, 0.2) is 70.8 Å². The van der Waals surface area contributed by atoms with Crippen molar-refractivity contribution in [3.63, 3.8) is 0 Å². The van der Waals surface area contributed by atoms with Gasteiger partial charge in [-0.15, -0.1) is 0 Å². The van der Waals surface area contributed by atoms with E-state index in [0.29, 0.717) is 34.3 Å². The van der Waals surface area contributed by atoms with Gasteiger partial charge in [0.15, 0.2) is 16.7 Å². The molecule has 4 rings (SSSR count). The lowest BCUT2D eigenvalue weighted by atomic mass is 9.81. The summed E-state index contributed by atoms with van der Waals surface area (Å²) >= 11 is 9.02. The maximum Gasteiger partial charge on any atom is 0.173 e. The molecule has 0 fully saturated rings. The number of methoxy groups -OCH3 is 1. The highest BCUT2D eigenvalue weighted by atomic mass is 35.5. The number of halogens is 4. The third-order valence-corrected chi connectivity index (χ3v) is 8.55. The molecule has 5 nitrogen and oxygen atoms in total. The number of rotatable bonds is 12. The topological polar surface area (TPSA) is 59.3 Å². The first-order chi connectivity index (χ1) is 19.1. The summed E-state index contributed by atoms with van der Waals surface area (Å²) in [6.45, 7) is 4.61. The highest BCUT2D eigenvalue weighted by Crippen LogP contribution is 2.39. The highest BCUT2D eigenvalue weighted by Gasteiger charge is 2.30. The van der Waals surface area contributed by atoms with Crippen LogP contribution >= 0.6 is 35.3 Å². The number of hydrogen-bond acceptors (Lipinski definition) is 6. The van der Waals surface area contributed by atoms with E-state index in [2.05, 4.69) is 9.71 Å². The monoisotopic (exact) mass is 607 g/mol. The van der Waals surface area contributed by atoms with Crippen LogP contribution in [0.1, 0.15) is 37.1 Å². The molecule has 0 aliphatic rings. The number of ether oxygens (including phenoxy) is 1. The SMILES string of the molecule is COc1cc(C(C)(C)c2cnc(SCc3c(F)cc(SNCCCO)cc3Cl)n2-c2ccc(F)cc2)ccc1F. The van der Waals surface area contributed by atoms with Gasteiger partial charge in [0.2, 0.25) is 0 Å². The van der Waals surface area contributed by atoms with Gasteiger partial charge in [0, 0.05) is 45.5 Å². The van der Waals surface area contributed by atoms with Crippen molar-refractivity contribution >= 4 is 35.3 Å². The van der Waals surface area contributed by atoms with Crippen molar-refractivity contribution < 1.29 is 23.0 Å². The van der Waals surface area contributed by atoms with E-state index >= 15 is 4.39 Å². The lowest BCUT2D eigenvalue weighted by Gasteiger charge is -2.28. The van der Waals surface area contributed by atoms with Crippen LogP contribution < -0.4 is 9.46 Å². The predicted octanol–water partition coefficient (Wildman–Crippen LogP) is 7.55. The molecular weight excluding hydrogens is 579 g/mol. The van der Waals surface area contributed by atoms with E-state index in [1.54, 1.807) is 36.5 Å². The maximum absolute atomic E-state index is 15.1. The van der Waals surface area contributed by atoms with E-state index in [0.717, 1.165) is 11.3 Å². The number of aliphatic hydroxyl groups is 1. The quantitative estimate of drug-likeness (QED) is 0.0985. The van der Waals surface area contributed by atoms with E-state index in [1.165, 1.54) is 55.1 Å². The minimum Gasteiger partial charge on any atom is -0.494 e. The highest BCUT2D eigenvalue weighted by molar-refractivity contribution is 7.98. The van der Waals surface area contributed by atoms with E-state index in [-0.39, 0.29) is 28.9 Å². The zero-order valence-corrected chi connectivity index (χ0v) is 24.6. The van der Waals surface area contributed by atoms with E-state index < -0.39 is 17.0 Å². The van der Waals surface area contributed by atoms with E-state index in [4.69, 9.17) is 21.4 Å². The number of aliphatic hydroxyl groups excluding tert-OH is 1. The second-order valence-electron chi connectivity index (χ2n) is 9.44. The van der Waals surface area contributed by atoms with Crippen LogP contribution in [0.5, 0.6) is 5.75 Å². The minimum atomic E-state index is -0.661. The fourth-order valence-electron chi connectivity index (χ4n) is 4.11. The summed E-state index contributed by atoms with van der Waals surface area (Å²) in [6.07, 6.45) is 2.31. The van der Waals surface area contributed by atoms with Crippen molar-refractivity contribution in [3.8, 4) is 11.4 Å². The Morgan fingerprint density at radius 3 is 2.48 bits per heavy atom. The maximum atomic E-state index is 15.1. The van der Waals surface area contributed by atoms with Crippen molar-refractivity contribution in [1.82, 2.24) is 14.3 Å². The number of thioether (sulfide) groups is 1. The lowest BCUT2D eigenvalue weighted by Crippen LogP contribution is -2.23. The normalized spacial score (nSPS) is 11.7. The van der Waals surface area contributed by atoms with Crippen LogP contribution in [0.25, 0.3) is 5.69 Å². The number of benzene rings is 3. The minimum absolute atomic E-state index is 0.0729. The van der Waals surface area contributed by atoms with Crippen LogP contribution in [-0.4, -0.2) is 34.9 Å². The summed E-state index contributed by atoms with van der Waals surface area (Å²) in [6, 6.07) is 13.8. The summed E-state index contributed by atoms with van der Waals surface area (Å²) in [5, 5.41) is 9.75. The van der Waals surface area contributed by atoms with Crippen molar-refractivity contribution in [2.75, 3.05) is 20.3 Å². The molecule has 0 atom stereocenters. The standard InChI is InChI=1S/C29H29ClF3N3O2S2/c1-29(2,18-5-10-24(32)26(13-18)38-3)27-16-34-28(36(27)20-8-6-19(31)7-9-20)39-17-22-23(30)14-21(15-25(22)33)40-35-11-4-12-37/h5-10,13-16,35,37H,4,11-12,17H2,1-3H3. The second kappa shape index (κ2) is 13.4. The fraction of sp³-hybridized carbons (Fsp3) is 0.276. The number of imidazole rings is 1. The van der Waals surface area contributed by atoms with Gasteiger partial charge in [-0.3, -0.25) is 9.29 Å². The van der Waals surface area contributed by atoms with Gasteiger partial charge in [-0.25, -0.2) is 18.2 Å². The van der Waals surface area contributed by atoms with Crippen LogP contribution in [0, 0.1) is 17.5 Å². The molecule has 0 saturated carbocycles. The first kappa shape index (κ1) is 30.3. The van der Waals surface area contributed by atoms with E-state index in [1.807, 2.05) is 18.4 Å². The number of nitrogens with zero attached hydrogens (tertiary/aromatic N) is 2. The molecule has 0 spiro atoms. The molecule has 0 saturated heterocycles. The lowest BCUT2D eigenvalue weighted by molar-refractivity contribution is 0.290. The van der Waals surface area contributed by atoms with Gasteiger partial charge in [0.05, 0.1) is 19.0 Å². The second-order valence-corrected chi connectivity index (χ2v) is 11.8. The third-order valence-electron chi connectivity index (χ3n) is 6.41. The number of aromatic nitrogens is 2. The molecule has 0 aliphatic carbocycles. The summed E-state index contributed by atoms with van der Waals surface area (Å²) in [7, 11) is 1.41. The molecule has 212 valence electrons.